The van der Waals surface area contributed by atoms with Crippen molar-refractivity contribution in [2.45, 2.75) is 31.7 Å². The van der Waals surface area contributed by atoms with Crippen LogP contribution in [0.2, 0.25) is 0 Å². The van der Waals surface area contributed by atoms with Crippen LogP contribution in [0.15, 0.2) is 18.2 Å². The van der Waals surface area contributed by atoms with Crippen LogP contribution in [0.25, 0.3) is 0 Å². The molecule has 1 N–H and O–H groups in total. The first kappa shape index (κ1) is 12.7. The van der Waals surface area contributed by atoms with Crippen molar-refractivity contribution in [3.8, 4) is 5.75 Å². The molecule has 0 heterocycles. The number of aryl methyl sites for hydroxylation is 1. The quantitative estimate of drug-likeness (QED) is 0.787. The Balaban J connectivity index is 1.86. The molecule has 0 amide bonds. The Morgan fingerprint density at radius 3 is 2.88 bits per heavy atom. The first-order chi connectivity index (χ1) is 8.20. The number of halogens is 1. The smallest absolute Gasteiger partial charge is 0.123 e. The van der Waals surface area contributed by atoms with Gasteiger partial charge >= 0.3 is 0 Å². The predicted molar refractivity (Wildman–Crippen MR) is 71.8 cm³/mol. The zero-order valence-electron chi connectivity index (χ0n) is 10.5. The molecule has 1 atom stereocenters. The molecule has 1 unspecified atom stereocenters. The minimum absolute atomic E-state index is 0.283. The van der Waals surface area contributed by atoms with Crippen molar-refractivity contribution in [1.82, 2.24) is 5.32 Å². The molecular formula is C14H20ClNO. The zero-order valence-corrected chi connectivity index (χ0v) is 11.3. The van der Waals surface area contributed by atoms with Crippen molar-refractivity contribution in [2.75, 3.05) is 13.7 Å². The van der Waals surface area contributed by atoms with E-state index in [1.54, 1.807) is 7.11 Å². The van der Waals surface area contributed by atoms with Crippen LogP contribution < -0.4 is 10.1 Å². The molecule has 1 saturated carbocycles. The van der Waals surface area contributed by atoms with Crippen LogP contribution in [0.3, 0.4) is 0 Å². The van der Waals surface area contributed by atoms with E-state index in [-0.39, 0.29) is 5.38 Å². The van der Waals surface area contributed by atoms with Crippen LogP contribution >= 0.6 is 11.6 Å². The third-order valence-electron chi connectivity index (χ3n) is 3.22. The van der Waals surface area contributed by atoms with E-state index in [2.05, 4.69) is 24.4 Å². The van der Waals surface area contributed by atoms with Gasteiger partial charge in [-0.3, -0.25) is 0 Å². The molecule has 0 aliphatic heterocycles. The Morgan fingerprint density at radius 1 is 1.47 bits per heavy atom. The highest BCUT2D eigenvalue weighted by molar-refractivity contribution is 6.21. The SMILES string of the molecule is COc1ccc(C)cc1CNCC(Cl)C1CC1. The average Bonchev–Trinajstić information content (AvgIpc) is 3.13. The van der Waals surface area contributed by atoms with Gasteiger partial charge in [0.25, 0.3) is 0 Å². The van der Waals surface area contributed by atoms with Crippen LogP contribution in [0, 0.1) is 12.8 Å². The standard InChI is InChI=1S/C14H20ClNO/c1-10-3-6-14(17-2)12(7-10)8-16-9-13(15)11-4-5-11/h3,6-7,11,13,16H,4-5,8-9H2,1-2H3. The zero-order chi connectivity index (χ0) is 12.3. The minimum atomic E-state index is 0.283. The van der Waals surface area contributed by atoms with E-state index in [9.17, 15) is 0 Å². The molecule has 94 valence electrons. The fraction of sp³-hybridized carbons (Fsp3) is 0.571. The van der Waals surface area contributed by atoms with E-state index >= 15 is 0 Å². The van der Waals surface area contributed by atoms with Gasteiger partial charge in [0.1, 0.15) is 5.75 Å². The van der Waals surface area contributed by atoms with Crippen LogP contribution in [0.4, 0.5) is 0 Å². The van der Waals surface area contributed by atoms with Gasteiger partial charge in [0.05, 0.1) is 7.11 Å². The molecule has 0 spiro atoms. The summed E-state index contributed by atoms with van der Waals surface area (Å²) in [6.45, 7) is 3.79. The van der Waals surface area contributed by atoms with Gasteiger partial charge in [-0.15, -0.1) is 11.6 Å². The summed E-state index contributed by atoms with van der Waals surface area (Å²) in [4.78, 5) is 0. The summed E-state index contributed by atoms with van der Waals surface area (Å²) in [7, 11) is 1.71. The maximum absolute atomic E-state index is 6.26. The molecule has 2 rings (SSSR count). The third kappa shape index (κ3) is 3.62. The first-order valence-corrected chi connectivity index (χ1v) is 6.62. The molecule has 1 aromatic carbocycles. The van der Waals surface area contributed by atoms with Crippen molar-refractivity contribution in [2.24, 2.45) is 5.92 Å². The lowest BCUT2D eigenvalue weighted by molar-refractivity contribution is 0.407. The van der Waals surface area contributed by atoms with Gasteiger partial charge in [0, 0.05) is 24.0 Å². The normalized spacial score (nSPS) is 16.9. The summed E-state index contributed by atoms with van der Waals surface area (Å²) < 4.78 is 5.34. The number of alkyl halides is 1. The molecule has 1 aliphatic carbocycles. The average molecular weight is 254 g/mol. The first-order valence-electron chi connectivity index (χ1n) is 6.19. The molecule has 1 aliphatic rings. The van der Waals surface area contributed by atoms with Crippen molar-refractivity contribution < 1.29 is 4.74 Å². The lowest BCUT2D eigenvalue weighted by Crippen LogP contribution is -2.24. The second-order valence-corrected chi connectivity index (χ2v) is 5.36. The Hall–Kier alpha value is -0.730. The number of methoxy groups -OCH3 is 1. The van der Waals surface area contributed by atoms with Gasteiger partial charge in [0.2, 0.25) is 0 Å². The van der Waals surface area contributed by atoms with Crippen molar-refractivity contribution in [1.29, 1.82) is 0 Å². The number of nitrogens with one attached hydrogen (secondary N) is 1. The van der Waals surface area contributed by atoms with Crippen molar-refractivity contribution in [3.05, 3.63) is 29.3 Å². The summed E-state index contributed by atoms with van der Waals surface area (Å²) in [5.74, 6) is 1.68. The molecule has 0 saturated heterocycles. The monoisotopic (exact) mass is 253 g/mol. The van der Waals surface area contributed by atoms with Crippen molar-refractivity contribution in [3.63, 3.8) is 0 Å². The molecule has 3 heteroatoms. The lowest BCUT2D eigenvalue weighted by Gasteiger charge is -2.12. The highest BCUT2D eigenvalue weighted by Gasteiger charge is 2.29. The Bertz CT molecular complexity index is 376. The van der Waals surface area contributed by atoms with Gasteiger partial charge in [-0.05, 0) is 31.7 Å². The summed E-state index contributed by atoms with van der Waals surface area (Å²) >= 11 is 6.26. The fourth-order valence-corrected chi connectivity index (χ4v) is 2.38. The molecule has 0 radical (unpaired) electrons. The molecule has 2 nitrogen and oxygen atoms in total. The molecule has 0 bridgehead atoms. The maximum Gasteiger partial charge on any atom is 0.123 e. The van der Waals surface area contributed by atoms with E-state index in [1.807, 2.05) is 6.07 Å². The topological polar surface area (TPSA) is 21.3 Å². The minimum Gasteiger partial charge on any atom is -0.496 e. The summed E-state index contributed by atoms with van der Waals surface area (Å²) in [6.07, 6.45) is 2.59. The van der Waals surface area contributed by atoms with Crippen LogP contribution in [0.5, 0.6) is 5.75 Å². The van der Waals surface area contributed by atoms with E-state index in [4.69, 9.17) is 16.3 Å². The summed E-state index contributed by atoms with van der Waals surface area (Å²) in [5, 5.41) is 3.70. The molecule has 1 aromatic rings. The van der Waals surface area contributed by atoms with E-state index in [1.165, 1.54) is 24.0 Å². The van der Waals surface area contributed by atoms with Crippen molar-refractivity contribution >= 4 is 11.6 Å². The fourth-order valence-electron chi connectivity index (χ4n) is 2.01. The molecule has 17 heavy (non-hydrogen) atoms. The van der Waals surface area contributed by atoms with Gasteiger partial charge in [0.15, 0.2) is 0 Å². The summed E-state index contributed by atoms with van der Waals surface area (Å²) in [6, 6.07) is 6.24. The second kappa shape index (κ2) is 5.74. The number of benzene rings is 1. The van der Waals surface area contributed by atoms with Crippen LogP contribution in [0.1, 0.15) is 24.0 Å². The Morgan fingerprint density at radius 2 is 2.24 bits per heavy atom. The van der Waals surface area contributed by atoms with E-state index < -0.39 is 0 Å². The number of hydrogen-bond acceptors (Lipinski definition) is 2. The molecule has 0 aromatic heterocycles. The van der Waals surface area contributed by atoms with Gasteiger partial charge in [-0.25, -0.2) is 0 Å². The van der Waals surface area contributed by atoms with Crippen LogP contribution in [-0.2, 0) is 6.54 Å². The van der Waals surface area contributed by atoms with Gasteiger partial charge in [-0.2, -0.15) is 0 Å². The Kier molecular flexibility index (Phi) is 4.30. The number of hydrogen-bond donors (Lipinski definition) is 1. The van der Waals surface area contributed by atoms with E-state index in [0.29, 0.717) is 0 Å². The van der Waals surface area contributed by atoms with Gasteiger partial charge in [-0.1, -0.05) is 17.7 Å². The third-order valence-corrected chi connectivity index (χ3v) is 3.73. The number of ether oxygens (including phenoxy) is 1. The highest BCUT2D eigenvalue weighted by atomic mass is 35.5. The maximum atomic E-state index is 6.26. The van der Waals surface area contributed by atoms with Crippen LogP contribution in [-0.4, -0.2) is 19.0 Å². The summed E-state index contributed by atoms with van der Waals surface area (Å²) in [5.41, 5.74) is 2.46. The molecular weight excluding hydrogens is 234 g/mol. The second-order valence-electron chi connectivity index (χ2n) is 4.80. The molecule has 1 fully saturated rings. The lowest BCUT2D eigenvalue weighted by atomic mass is 10.1. The largest absolute Gasteiger partial charge is 0.496 e. The highest BCUT2D eigenvalue weighted by Crippen LogP contribution is 2.35. The van der Waals surface area contributed by atoms with E-state index in [0.717, 1.165) is 24.8 Å². The number of rotatable bonds is 6. The Labute approximate surface area is 108 Å². The predicted octanol–water partition coefficient (Wildman–Crippen LogP) is 3.11. The van der Waals surface area contributed by atoms with Gasteiger partial charge < -0.3 is 10.1 Å².